The molecular weight excluding hydrogens is 330 g/mol. The summed E-state index contributed by atoms with van der Waals surface area (Å²) in [7, 11) is 0. The van der Waals surface area contributed by atoms with Crippen molar-refractivity contribution >= 4 is 23.2 Å². The molecule has 26 heavy (non-hydrogen) atoms. The van der Waals surface area contributed by atoms with E-state index in [0.29, 0.717) is 5.69 Å². The third-order valence-electron chi connectivity index (χ3n) is 3.87. The Hall–Kier alpha value is -3.81. The fraction of sp³-hybridized carbons (Fsp3) is 0.0556. The predicted octanol–water partition coefficient (Wildman–Crippen LogP) is 2.26. The molecule has 8 nitrogen and oxygen atoms in total. The molecule has 0 saturated heterocycles. The van der Waals surface area contributed by atoms with Crippen LogP contribution in [-0.4, -0.2) is 30.9 Å². The number of rotatable bonds is 4. The summed E-state index contributed by atoms with van der Waals surface area (Å²) in [5, 5.41) is 11.6. The minimum atomic E-state index is -0.297. The largest absolute Gasteiger partial charge is 0.299 e. The number of hydrogen-bond donors (Lipinski definition) is 2. The van der Waals surface area contributed by atoms with Crippen molar-refractivity contribution in [2.24, 2.45) is 5.10 Å². The normalized spacial score (nSPS) is 11.3. The Bertz CT molecular complexity index is 1140. The quantitative estimate of drug-likeness (QED) is 0.436. The molecule has 0 radical (unpaired) electrons. The van der Waals surface area contributed by atoms with E-state index in [9.17, 15) is 4.79 Å². The fourth-order valence-corrected chi connectivity index (χ4v) is 2.50. The molecule has 0 unspecified atom stereocenters. The number of H-pyrrole nitrogens is 1. The number of anilines is 1. The number of nitrogens with zero attached hydrogens (tertiary/aromatic N) is 5. The van der Waals surface area contributed by atoms with Crippen molar-refractivity contribution in [2.75, 3.05) is 5.43 Å². The van der Waals surface area contributed by atoms with Gasteiger partial charge >= 0.3 is 0 Å². The number of aromatic amines is 1. The van der Waals surface area contributed by atoms with Crippen LogP contribution in [-0.2, 0) is 0 Å². The van der Waals surface area contributed by atoms with E-state index in [1.165, 1.54) is 0 Å². The minimum absolute atomic E-state index is 0.193. The van der Waals surface area contributed by atoms with Gasteiger partial charge in [0.15, 0.2) is 0 Å². The first-order valence-corrected chi connectivity index (χ1v) is 7.96. The number of hydrazone groups is 1. The lowest BCUT2D eigenvalue weighted by Gasteiger charge is -2.04. The first-order valence-electron chi connectivity index (χ1n) is 7.96. The lowest BCUT2D eigenvalue weighted by atomic mass is 10.2. The maximum atomic E-state index is 11.5. The highest BCUT2D eigenvalue weighted by atomic mass is 16.1. The average Bonchev–Trinajstić information content (AvgIpc) is 3.09. The topological polar surface area (TPSA) is 101 Å². The van der Waals surface area contributed by atoms with Gasteiger partial charge in [-0.05, 0) is 36.8 Å². The Labute approximate surface area is 148 Å². The van der Waals surface area contributed by atoms with E-state index in [2.05, 4.69) is 30.7 Å². The number of nitrogens with one attached hydrogen (secondary N) is 2. The Balaban J connectivity index is 1.50. The number of imidazole rings is 1. The Morgan fingerprint density at radius 1 is 1.12 bits per heavy atom. The van der Waals surface area contributed by atoms with E-state index < -0.39 is 0 Å². The zero-order chi connectivity index (χ0) is 17.9. The molecule has 8 heteroatoms. The van der Waals surface area contributed by atoms with Crippen LogP contribution in [0.4, 0.5) is 5.95 Å². The van der Waals surface area contributed by atoms with Crippen LogP contribution in [0.15, 0.2) is 64.8 Å². The molecule has 0 atom stereocenters. The predicted molar refractivity (Wildman–Crippen MR) is 99.7 cm³/mol. The number of hydrogen-bond acceptors (Lipinski definition) is 6. The van der Waals surface area contributed by atoms with E-state index >= 15 is 0 Å². The Morgan fingerprint density at radius 3 is 2.73 bits per heavy atom. The van der Waals surface area contributed by atoms with Crippen LogP contribution >= 0.6 is 0 Å². The highest BCUT2D eigenvalue weighted by Gasteiger charge is 2.03. The third-order valence-corrected chi connectivity index (χ3v) is 3.87. The van der Waals surface area contributed by atoms with Crippen LogP contribution in [0.25, 0.3) is 16.7 Å². The molecule has 0 fully saturated rings. The third kappa shape index (κ3) is 3.07. The van der Waals surface area contributed by atoms with Crippen LogP contribution < -0.4 is 11.0 Å². The average molecular weight is 345 g/mol. The van der Waals surface area contributed by atoms with Gasteiger partial charge in [-0.25, -0.2) is 10.4 Å². The summed E-state index contributed by atoms with van der Waals surface area (Å²) in [5.41, 5.74) is 6.58. The lowest BCUT2D eigenvalue weighted by Crippen LogP contribution is -2.15. The highest BCUT2D eigenvalue weighted by molar-refractivity contribution is 5.81. The number of aryl methyl sites for hydroxylation is 1. The summed E-state index contributed by atoms with van der Waals surface area (Å²) in [6, 6.07) is 15.8. The van der Waals surface area contributed by atoms with Crippen molar-refractivity contribution in [1.82, 2.24) is 24.7 Å². The van der Waals surface area contributed by atoms with Gasteiger partial charge in [0, 0.05) is 5.69 Å². The fourth-order valence-electron chi connectivity index (χ4n) is 2.50. The monoisotopic (exact) mass is 345 g/mol. The van der Waals surface area contributed by atoms with Gasteiger partial charge in [-0.15, -0.1) is 10.2 Å². The molecule has 2 N–H and O–H groups in total. The maximum absolute atomic E-state index is 11.5. The number of fused-ring (bicyclic) bond motifs is 1. The van der Waals surface area contributed by atoms with Crippen molar-refractivity contribution in [3.63, 3.8) is 0 Å². The molecule has 0 saturated carbocycles. The van der Waals surface area contributed by atoms with Crippen LogP contribution in [0.3, 0.4) is 0 Å². The molecule has 128 valence electrons. The van der Waals surface area contributed by atoms with Crippen LogP contribution in [0.1, 0.15) is 11.3 Å². The van der Waals surface area contributed by atoms with Crippen LogP contribution in [0, 0.1) is 6.92 Å². The van der Waals surface area contributed by atoms with Gasteiger partial charge in [-0.2, -0.15) is 5.10 Å². The van der Waals surface area contributed by atoms with Crippen molar-refractivity contribution in [3.05, 3.63) is 76.5 Å². The molecular formula is C18H15N7O. The van der Waals surface area contributed by atoms with Crippen LogP contribution in [0.2, 0.25) is 0 Å². The summed E-state index contributed by atoms with van der Waals surface area (Å²) < 4.78 is 2.03. The molecule has 0 aliphatic heterocycles. The summed E-state index contributed by atoms with van der Waals surface area (Å²) in [5.74, 6) is 0.193. The molecule has 0 aliphatic carbocycles. The molecule has 0 amide bonds. The molecule has 4 rings (SSSR count). The number of aromatic nitrogens is 5. The first-order chi connectivity index (χ1) is 12.7. The molecule has 2 aromatic carbocycles. The van der Waals surface area contributed by atoms with E-state index in [1.807, 2.05) is 59.4 Å². The van der Waals surface area contributed by atoms with Gasteiger partial charge in [0.1, 0.15) is 12.0 Å². The zero-order valence-electron chi connectivity index (χ0n) is 13.9. The molecule has 0 aliphatic rings. The van der Waals surface area contributed by atoms with Gasteiger partial charge in [-0.1, -0.05) is 24.3 Å². The second-order valence-electron chi connectivity index (χ2n) is 5.65. The zero-order valence-corrected chi connectivity index (χ0v) is 13.9. The summed E-state index contributed by atoms with van der Waals surface area (Å²) >= 11 is 0. The van der Waals surface area contributed by atoms with Gasteiger partial charge in [0.05, 0.1) is 17.2 Å². The number of benzene rings is 2. The molecule has 2 heterocycles. The van der Waals surface area contributed by atoms with E-state index in [0.717, 1.165) is 22.3 Å². The van der Waals surface area contributed by atoms with Gasteiger partial charge in [0.2, 0.25) is 5.95 Å². The molecule has 0 bridgehead atoms. The Kier molecular flexibility index (Phi) is 3.98. The van der Waals surface area contributed by atoms with Crippen molar-refractivity contribution in [2.45, 2.75) is 6.92 Å². The molecule has 2 aromatic heterocycles. The second kappa shape index (κ2) is 6.60. The van der Waals surface area contributed by atoms with E-state index in [1.54, 1.807) is 13.1 Å². The molecule has 0 spiro atoms. The van der Waals surface area contributed by atoms with Crippen LogP contribution in [0.5, 0.6) is 0 Å². The number of para-hydroxylation sites is 2. The van der Waals surface area contributed by atoms with Gasteiger partial charge < -0.3 is 0 Å². The molecule has 4 aromatic rings. The first kappa shape index (κ1) is 15.7. The van der Waals surface area contributed by atoms with E-state index in [-0.39, 0.29) is 11.5 Å². The highest BCUT2D eigenvalue weighted by Crippen LogP contribution is 2.17. The van der Waals surface area contributed by atoms with Crippen molar-refractivity contribution < 1.29 is 0 Å². The van der Waals surface area contributed by atoms with E-state index in [4.69, 9.17) is 0 Å². The Morgan fingerprint density at radius 2 is 1.92 bits per heavy atom. The summed E-state index contributed by atoms with van der Waals surface area (Å²) in [4.78, 5) is 18.4. The maximum Gasteiger partial charge on any atom is 0.274 e. The summed E-state index contributed by atoms with van der Waals surface area (Å²) in [6.45, 7) is 1.59. The second-order valence-corrected chi connectivity index (χ2v) is 5.65. The van der Waals surface area contributed by atoms with Crippen molar-refractivity contribution in [3.8, 4) is 5.69 Å². The van der Waals surface area contributed by atoms with Gasteiger partial charge in [0.25, 0.3) is 5.56 Å². The van der Waals surface area contributed by atoms with Gasteiger partial charge in [-0.3, -0.25) is 14.3 Å². The minimum Gasteiger partial charge on any atom is -0.299 e. The smallest absolute Gasteiger partial charge is 0.274 e. The standard InChI is InChI=1S/C18H15N7O/c1-12-17(26)21-18(24-22-12)23-20-10-13-6-8-14(9-7-13)25-11-19-15-4-2-3-5-16(15)25/h2-11H,1H3,(H2,21,23,24,26)/b20-10-. The van der Waals surface area contributed by atoms with Crippen molar-refractivity contribution in [1.29, 1.82) is 0 Å². The SMILES string of the molecule is Cc1nnc(N/N=C\c2ccc(-n3cnc4ccccc43)cc2)[nH]c1=O. The summed E-state index contributed by atoms with van der Waals surface area (Å²) in [6.07, 6.45) is 3.44. The lowest BCUT2D eigenvalue weighted by molar-refractivity contribution is 0.897.